The van der Waals surface area contributed by atoms with Crippen molar-refractivity contribution in [3.05, 3.63) is 39.6 Å². The number of carbonyl (C=O) groups is 1. The fourth-order valence-corrected chi connectivity index (χ4v) is 2.33. The molecule has 0 aliphatic rings. The lowest BCUT2D eigenvalue weighted by Gasteiger charge is -2.12. The number of hydrogen-bond acceptors (Lipinski definition) is 3. The zero-order valence-corrected chi connectivity index (χ0v) is 11.9. The van der Waals surface area contributed by atoms with Crippen molar-refractivity contribution in [2.45, 2.75) is 6.18 Å². The molecule has 1 aromatic carbocycles. The van der Waals surface area contributed by atoms with Gasteiger partial charge in [0, 0.05) is 0 Å². The maximum absolute atomic E-state index is 12.7. The molecule has 0 unspecified atom stereocenters. The van der Waals surface area contributed by atoms with E-state index in [1.165, 1.54) is 13.3 Å². The van der Waals surface area contributed by atoms with E-state index in [1.54, 1.807) is 0 Å². The molecule has 0 saturated heterocycles. The van der Waals surface area contributed by atoms with E-state index in [0.717, 1.165) is 16.8 Å². The molecule has 2 aromatic rings. The van der Waals surface area contributed by atoms with E-state index < -0.39 is 11.7 Å². The van der Waals surface area contributed by atoms with Crippen LogP contribution in [0.3, 0.4) is 0 Å². The molecule has 0 fully saturated rings. The van der Waals surface area contributed by atoms with Crippen LogP contribution in [-0.4, -0.2) is 23.2 Å². The van der Waals surface area contributed by atoms with E-state index in [0.29, 0.717) is 6.29 Å². The number of carbonyl (C=O) groups excluding carboxylic acids is 1. The first-order chi connectivity index (χ1) is 9.77. The average molecular weight is 339 g/mol. The summed E-state index contributed by atoms with van der Waals surface area (Å²) in [6.45, 7) is 0. The maximum atomic E-state index is 12.7. The van der Waals surface area contributed by atoms with Gasteiger partial charge in [-0.1, -0.05) is 23.2 Å². The Labute approximate surface area is 127 Å². The van der Waals surface area contributed by atoms with Crippen LogP contribution in [0.1, 0.15) is 16.1 Å². The van der Waals surface area contributed by atoms with Crippen LogP contribution >= 0.6 is 23.2 Å². The molecule has 0 amide bonds. The van der Waals surface area contributed by atoms with Gasteiger partial charge in [-0.05, 0) is 12.1 Å². The van der Waals surface area contributed by atoms with Crippen molar-refractivity contribution in [1.82, 2.24) is 9.78 Å². The second-order valence-corrected chi connectivity index (χ2v) is 4.75. The van der Waals surface area contributed by atoms with Crippen molar-refractivity contribution in [1.29, 1.82) is 0 Å². The van der Waals surface area contributed by atoms with Gasteiger partial charge in [-0.15, -0.1) is 0 Å². The van der Waals surface area contributed by atoms with Crippen molar-refractivity contribution < 1.29 is 22.7 Å². The quantitative estimate of drug-likeness (QED) is 0.794. The molecule has 9 heteroatoms. The number of hydrogen-bond donors (Lipinski definition) is 0. The topological polar surface area (TPSA) is 44.1 Å². The molecule has 1 heterocycles. The van der Waals surface area contributed by atoms with Gasteiger partial charge < -0.3 is 4.74 Å². The number of aromatic nitrogens is 2. The molecular weight excluding hydrogens is 332 g/mol. The minimum absolute atomic E-state index is 0.0236. The van der Waals surface area contributed by atoms with E-state index in [-0.39, 0.29) is 27.2 Å². The van der Waals surface area contributed by atoms with Gasteiger partial charge in [-0.3, -0.25) is 4.79 Å². The lowest BCUT2D eigenvalue weighted by atomic mass is 10.2. The molecule has 2 rings (SSSR count). The second kappa shape index (κ2) is 5.57. The minimum Gasteiger partial charge on any atom is -0.493 e. The van der Waals surface area contributed by atoms with Crippen molar-refractivity contribution in [3.8, 4) is 11.4 Å². The third kappa shape index (κ3) is 2.98. The van der Waals surface area contributed by atoms with E-state index in [2.05, 4.69) is 5.10 Å². The number of nitrogens with zero attached hydrogens (tertiary/aromatic N) is 2. The molecule has 21 heavy (non-hydrogen) atoms. The highest BCUT2D eigenvalue weighted by Crippen LogP contribution is 2.37. The van der Waals surface area contributed by atoms with Crippen molar-refractivity contribution in [3.63, 3.8) is 0 Å². The summed E-state index contributed by atoms with van der Waals surface area (Å²) < 4.78 is 44.0. The van der Waals surface area contributed by atoms with E-state index in [4.69, 9.17) is 27.9 Å². The van der Waals surface area contributed by atoms with Crippen LogP contribution in [0.4, 0.5) is 13.2 Å². The summed E-state index contributed by atoms with van der Waals surface area (Å²) in [7, 11) is 1.32. The molecule has 0 spiro atoms. The number of ether oxygens (including phenoxy) is 1. The molecule has 0 bridgehead atoms. The van der Waals surface area contributed by atoms with Gasteiger partial charge >= 0.3 is 6.18 Å². The molecule has 4 nitrogen and oxygen atoms in total. The van der Waals surface area contributed by atoms with Crippen LogP contribution < -0.4 is 4.74 Å². The van der Waals surface area contributed by atoms with Crippen molar-refractivity contribution in [2.24, 2.45) is 0 Å². The van der Waals surface area contributed by atoms with Gasteiger partial charge in [-0.2, -0.15) is 18.3 Å². The number of aldehydes is 1. The standard InChI is InChI=1S/C12H7Cl2F3N2O2/c1-21-10-4-19(18-9(10)5-20)11-7(13)2-6(3-8(11)14)12(15,16)17/h2-5H,1H3. The van der Waals surface area contributed by atoms with Crippen LogP contribution in [0.2, 0.25) is 10.0 Å². The summed E-state index contributed by atoms with van der Waals surface area (Å²) in [6, 6.07) is 1.47. The lowest BCUT2D eigenvalue weighted by molar-refractivity contribution is -0.137. The van der Waals surface area contributed by atoms with E-state index in [9.17, 15) is 18.0 Å². The first kappa shape index (κ1) is 15.7. The van der Waals surface area contributed by atoms with Gasteiger partial charge in [-0.25, -0.2) is 4.68 Å². The Morgan fingerprint density at radius 2 is 1.86 bits per heavy atom. The van der Waals surface area contributed by atoms with Gasteiger partial charge in [0.2, 0.25) is 0 Å². The highest BCUT2D eigenvalue weighted by molar-refractivity contribution is 6.37. The highest BCUT2D eigenvalue weighted by atomic mass is 35.5. The summed E-state index contributed by atoms with van der Waals surface area (Å²) in [4.78, 5) is 10.8. The molecule has 0 aliphatic heterocycles. The molecule has 0 radical (unpaired) electrons. The Bertz CT molecular complexity index is 675. The zero-order valence-electron chi connectivity index (χ0n) is 10.4. The number of halogens is 5. The molecule has 0 aliphatic carbocycles. The maximum Gasteiger partial charge on any atom is 0.416 e. The predicted octanol–water partition coefficient (Wildman–Crippen LogP) is 4.02. The zero-order chi connectivity index (χ0) is 15.8. The van der Waals surface area contributed by atoms with Crippen LogP contribution in [0.15, 0.2) is 18.3 Å². The van der Waals surface area contributed by atoms with Gasteiger partial charge in [0.1, 0.15) is 5.69 Å². The van der Waals surface area contributed by atoms with Crippen molar-refractivity contribution in [2.75, 3.05) is 7.11 Å². The molecule has 0 saturated carbocycles. The SMILES string of the molecule is COc1cn(-c2c(Cl)cc(C(F)(F)F)cc2Cl)nc1C=O. The van der Waals surface area contributed by atoms with Crippen LogP contribution in [0, 0.1) is 0 Å². The van der Waals surface area contributed by atoms with E-state index in [1.807, 2.05) is 0 Å². The third-order valence-corrected chi connectivity index (χ3v) is 3.19. The fraction of sp³-hybridized carbons (Fsp3) is 0.167. The summed E-state index contributed by atoms with van der Waals surface area (Å²) in [5.74, 6) is 0.150. The summed E-state index contributed by atoms with van der Waals surface area (Å²) in [6.07, 6.45) is -2.83. The third-order valence-electron chi connectivity index (χ3n) is 2.61. The first-order valence-electron chi connectivity index (χ1n) is 5.43. The lowest BCUT2D eigenvalue weighted by Crippen LogP contribution is -2.07. The summed E-state index contributed by atoms with van der Waals surface area (Å²) >= 11 is 11.7. The summed E-state index contributed by atoms with van der Waals surface area (Å²) in [5.41, 5.74) is -0.974. The normalized spacial score (nSPS) is 11.5. The van der Waals surface area contributed by atoms with Crippen molar-refractivity contribution >= 4 is 29.5 Å². The number of benzene rings is 1. The molecule has 1 aromatic heterocycles. The predicted molar refractivity (Wildman–Crippen MR) is 70.5 cm³/mol. The Hall–Kier alpha value is -1.73. The van der Waals surface area contributed by atoms with Crippen LogP contribution in [0.25, 0.3) is 5.69 Å². The number of rotatable bonds is 3. The van der Waals surface area contributed by atoms with Gasteiger partial charge in [0.05, 0.1) is 28.9 Å². The average Bonchev–Trinajstić information content (AvgIpc) is 2.79. The molecule has 0 N–H and O–H groups in total. The number of alkyl halides is 3. The van der Waals surface area contributed by atoms with Gasteiger partial charge in [0.25, 0.3) is 0 Å². The molecule has 0 atom stereocenters. The summed E-state index contributed by atoms with van der Waals surface area (Å²) in [5, 5.41) is 3.35. The largest absolute Gasteiger partial charge is 0.493 e. The second-order valence-electron chi connectivity index (χ2n) is 3.93. The first-order valence-corrected chi connectivity index (χ1v) is 6.19. The van der Waals surface area contributed by atoms with Crippen LogP contribution in [0.5, 0.6) is 5.75 Å². The highest BCUT2D eigenvalue weighted by Gasteiger charge is 2.32. The Kier molecular flexibility index (Phi) is 4.15. The smallest absolute Gasteiger partial charge is 0.416 e. The van der Waals surface area contributed by atoms with Crippen LogP contribution in [-0.2, 0) is 6.18 Å². The number of methoxy groups -OCH3 is 1. The minimum atomic E-state index is -4.57. The Morgan fingerprint density at radius 1 is 1.29 bits per heavy atom. The van der Waals surface area contributed by atoms with Gasteiger partial charge in [0.15, 0.2) is 17.7 Å². The molecular formula is C12H7Cl2F3N2O2. The Balaban J connectivity index is 2.60. The Morgan fingerprint density at radius 3 is 2.24 bits per heavy atom. The monoisotopic (exact) mass is 338 g/mol. The fourth-order valence-electron chi connectivity index (χ4n) is 1.67. The molecule has 112 valence electrons. The van der Waals surface area contributed by atoms with E-state index >= 15 is 0 Å².